The SMILES string of the molecule is CCNc1cc(N2CC(n3c(=O)[nH]c4ccccc43)C2)ncc1Cl. The van der Waals surface area contributed by atoms with E-state index in [1.807, 2.05) is 41.8 Å². The number of aromatic amines is 1. The van der Waals surface area contributed by atoms with Gasteiger partial charge in [-0.15, -0.1) is 0 Å². The van der Waals surface area contributed by atoms with E-state index in [0.29, 0.717) is 5.02 Å². The Bertz CT molecular complexity index is 942. The molecule has 7 heteroatoms. The van der Waals surface area contributed by atoms with E-state index in [-0.39, 0.29) is 11.7 Å². The van der Waals surface area contributed by atoms with Gasteiger partial charge < -0.3 is 15.2 Å². The van der Waals surface area contributed by atoms with Gasteiger partial charge in [-0.05, 0) is 19.1 Å². The summed E-state index contributed by atoms with van der Waals surface area (Å²) in [5.74, 6) is 0.875. The summed E-state index contributed by atoms with van der Waals surface area (Å²) in [5, 5.41) is 3.85. The smallest absolute Gasteiger partial charge is 0.326 e. The van der Waals surface area contributed by atoms with Gasteiger partial charge in [-0.3, -0.25) is 4.57 Å². The molecule has 0 saturated carbocycles. The van der Waals surface area contributed by atoms with E-state index in [1.54, 1.807) is 6.20 Å². The lowest BCUT2D eigenvalue weighted by molar-refractivity contribution is 0.397. The highest BCUT2D eigenvalue weighted by Gasteiger charge is 2.31. The quantitative estimate of drug-likeness (QED) is 0.764. The number of hydrogen-bond donors (Lipinski definition) is 2. The van der Waals surface area contributed by atoms with E-state index in [0.717, 1.165) is 42.2 Å². The predicted octanol–water partition coefficient (Wildman–Crippen LogP) is 2.87. The lowest BCUT2D eigenvalue weighted by Crippen LogP contribution is -2.50. The molecule has 0 aliphatic carbocycles. The number of hydrogen-bond acceptors (Lipinski definition) is 4. The second-order valence-electron chi connectivity index (χ2n) is 5.93. The van der Waals surface area contributed by atoms with Gasteiger partial charge in [0, 0.05) is 31.9 Å². The summed E-state index contributed by atoms with van der Waals surface area (Å²) in [4.78, 5) is 21.7. The number of H-pyrrole nitrogens is 1. The number of anilines is 2. The molecule has 1 fully saturated rings. The van der Waals surface area contributed by atoms with E-state index in [9.17, 15) is 4.79 Å². The Morgan fingerprint density at radius 3 is 2.96 bits per heavy atom. The third-order valence-electron chi connectivity index (χ3n) is 4.38. The molecule has 6 nitrogen and oxygen atoms in total. The molecule has 0 atom stereocenters. The summed E-state index contributed by atoms with van der Waals surface area (Å²) in [5.41, 5.74) is 2.65. The molecule has 4 rings (SSSR count). The van der Waals surface area contributed by atoms with Crippen molar-refractivity contribution in [1.82, 2.24) is 14.5 Å². The molecule has 3 heterocycles. The van der Waals surface area contributed by atoms with Gasteiger partial charge in [-0.2, -0.15) is 0 Å². The van der Waals surface area contributed by atoms with Gasteiger partial charge in [0.1, 0.15) is 5.82 Å². The first-order valence-electron chi connectivity index (χ1n) is 8.01. The van der Waals surface area contributed by atoms with Crippen LogP contribution >= 0.6 is 11.6 Å². The first-order chi connectivity index (χ1) is 11.7. The maximum absolute atomic E-state index is 12.2. The molecule has 2 N–H and O–H groups in total. The van der Waals surface area contributed by atoms with Crippen LogP contribution in [0.15, 0.2) is 41.3 Å². The van der Waals surface area contributed by atoms with Crippen molar-refractivity contribution in [3.8, 4) is 0 Å². The monoisotopic (exact) mass is 343 g/mol. The van der Waals surface area contributed by atoms with Crippen LogP contribution in [0.2, 0.25) is 5.02 Å². The molecule has 0 amide bonds. The van der Waals surface area contributed by atoms with Crippen LogP contribution < -0.4 is 15.9 Å². The summed E-state index contributed by atoms with van der Waals surface area (Å²) in [7, 11) is 0. The van der Waals surface area contributed by atoms with Crippen molar-refractivity contribution in [3.05, 3.63) is 52.0 Å². The van der Waals surface area contributed by atoms with Crippen molar-refractivity contribution in [3.63, 3.8) is 0 Å². The fourth-order valence-corrected chi connectivity index (χ4v) is 3.34. The second-order valence-corrected chi connectivity index (χ2v) is 6.34. The standard InChI is InChI=1S/C17H18ClN5O/c1-2-19-14-7-16(20-8-12(14)18)22-9-11(10-22)23-15-6-4-3-5-13(15)21-17(23)24/h3-8,11H,2,9-10H2,1H3,(H,19,20)(H,21,24). The zero-order valence-corrected chi connectivity index (χ0v) is 14.0. The zero-order valence-electron chi connectivity index (χ0n) is 13.3. The Morgan fingerprint density at radius 2 is 2.17 bits per heavy atom. The highest BCUT2D eigenvalue weighted by atomic mass is 35.5. The maximum atomic E-state index is 12.2. The number of nitrogens with zero attached hydrogens (tertiary/aromatic N) is 3. The molecule has 0 spiro atoms. The number of halogens is 1. The Kier molecular flexibility index (Phi) is 3.69. The fraction of sp³-hybridized carbons (Fsp3) is 0.294. The third-order valence-corrected chi connectivity index (χ3v) is 4.68. The Hall–Kier alpha value is -2.47. The zero-order chi connectivity index (χ0) is 16.7. The largest absolute Gasteiger partial charge is 0.384 e. The van der Waals surface area contributed by atoms with Crippen LogP contribution in [0.25, 0.3) is 11.0 Å². The molecule has 24 heavy (non-hydrogen) atoms. The second kappa shape index (κ2) is 5.87. The van der Waals surface area contributed by atoms with Crippen LogP contribution in [-0.2, 0) is 0 Å². The predicted molar refractivity (Wildman–Crippen MR) is 97.2 cm³/mol. The normalized spacial score (nSPS) is 14.8. The van der Waals surface area contributed by atoms with E-state index >= 15 is 0 Å². The summed E-state index contributed by atoms with van der Waals surface area (Å²) in [6.07, 6.45) is 1.67. The van der Waals surface area contributed by atoms with Crippen LogP contribution in [0.4, 0.5) is 11.5 Å². The molecule has 2 aromatic heterocycles. The van der Waals surface area contributed by atoms with Crippen molar-refractivity contribution in [2.45, 2.75) is 13.0 Å². The van der Waals surface area contributed by atoms with Gasteiger partial charge in [0.05, 0.1) is 27.8 Å². The minimum Gasteiger partial charge on any atom is -0.384 e. The minimum absolute atomic E-state index is 0.0572. The molecule has 0 unspecified atom stereocenters. The van der Waals surface area contributed by atoms with Gasteiger partial charge in [0.15, 0.2) is 0 Å². The summed E-state index contributed by atoms with van der Waals surface area (Å²) in [6, 6.07) is 9.88. The number of fused-ring (bicyclic) bond motifs is 1. The average molecular weight is 344 g/mol. The molecule has 0 bridgehead atoms. The van der Waals surface area contributed by atoms with Crippen LogP contribution in [0.1, 0.15) is 13.0 Å². The van der Waals surface area contributed by atoms with E-state index in [1.165, 1.54) is 0 Å². The van der Waals surface area contributed by atoms with Crippen molar-refractivity contribution < 1.29 is 0 Å². The topological polar surface area (TPSA) is 65.9 Å². The Morgan fingerprint density at radius 1 is 1.38 bits per heavy atom. The van der Waals surface area contributed by atoms with Gasteiger partial charge in [0.25, 0.3) is 0 Å². The van der Waals surface area contributed by atoms with Crippen molar-refractivity contribution >= 4 is 34.1 Å². The highest BCUT2D eigenvalue weighted by molar-refractivity contribution is 6.33. The van der Waals surface area contributed by atoms with Gasteiger partial charge in [-0.1, -0.05) is 23.7 Å². The molecule has 0 radical (unpaired) electrons. The number of nitrogens with one attached hydrogen (secondary N) is 2. The number of aromatic nitrogens is 3. The summed E-state index contributed by atoms with van der Waals surface area (Å²) < 4.78 is 1.84. The summed E-state index contributed by atoms with van der Waals surface area (Å²) >= 11 is 6.14. The molecule has 3 aromatic rings. The van der Waals surface area contributed by atoms with Crippen LogP contribution in [0, 0.1) is 0 Å². The van der Waals surface area contributed by atoms with Crippen LogP contribution in [0.3, 0.4) is 0 Å². The van der Waals surface area contributed by atoms with Crippen LogP contribution in [0.5, 0.6) is 0 Å². The number of rotatable bonds is 4. The summed E-state index contributed by atoms with van der Waals surface area (Å²) in [6.45, 7) is 4.33. The van der Waals surface area contributed by atoms with Crippen molar-refractivity contribution in [1.29, 1.82) is 0 Å². The number of pyridine rings is 1. The number of imidazole rings is 1. The number of para-hydroxylation sites is 2. The molecular weight excluding hydrogens is 326 g/mol. The van der Waals surface area contributed by atoms with Crippen molar-refractivity contribution in [2.24, 2.45) is 0 Å². The first-order valence-corrected chi connectivity index (χ1v) is 8.38. The van der Waals surface area contributed by atoms with E-state index < -0.39 is 0 Å². The van der Waals surface area contributed by atoms with Gasteiger partial charge in [-0.25, -0.2) is 9.78 Å². The Balaban J connectivity index is 1.57. The van der Waals surface area contributed by atoms with E-state index in [2.05, 4.69) is 20.2 Å². The third kappa shape index (κ3) is 2.43. The Labute approximate surface area is 144 Å². The van der Waals surface area contributed by atoms with Crippen molar-refractivity contribution in [2.75, 3.05) is 29.9 Å². The van der Waals surface area contributed by atoms with Gasteiger partial charge in [0.2, 0.25) is 0 Å². The molecular formula is C17H18ClN5O. The first kappa shape index (κ1) is 15.1. The number of benzene rings is 1. The average Bonchev–Trinajstić information content (AvgIpc) is 2.86. The van der Waals surface area contributed by atoms with E-state index in [4.69, 9.17) is 11.6 Å². The molecule has 1 aliphatic heterocycles. The molecule has 124 valence electrons. The lowest BCUT2D eigenvalue weighted by Gasteiger charge is -2.40. The highest BCUT2D eigenvalue weighted by Crippen LogP contribution is 2.31. The van der Waals surface area contributed by atoms with Crippen LogP contribution in [-0.4, -0.2) is 34.2 Å². The van der Waals surface area contributed by atoms with Gasteiger partial charge >= 0.3 is 5.69 Å². The molecule has 1 saturated heterocycles. The fourth-order valence-electron chi connectivity index (χ4n) is 3.17. The molecule has 1 aliphatic rings. The molecule has 1 aromatic carbocycles. The lowest BCUT2D eigenvalue weighted by atomic mass is 10.1. The maximum Gasteiger partial charge on any atom is 0.326 e. The minimum atomic E-state index is -0.0572.